The average Bonchev–Trinajstić information content (AvgIpc) is 2.90. The van der Waals surface area contributed by atoms with E-state index < -0.39 is 32.6 Å². The first-order valence-corrected chi connectivity index (χ1v) is 9.16. The monoisotopic (exact) mass is 386 g/mol. The summed E-state index contributed by atoms with van der Waals surface area (Å²) in [6, 6.07) is 7.93. The molecule has 0 saturated carbocycles. The third-order valence-electron chi connectivity index (χ3n) is 3.77. The maximum absolute atomic E-state index is 13.7. The number of nitrogens with zero attached hydrogens (tertiary/aromatic N) is 1. The van der Waals surface area contributed by atoms with E-state index in [0.717, 1.165) is 12.1 Å². The van der Waals surface area contributed by atoms with Gasteiger partial charge in [-0.15, -0.1) is 0 Å². The molecular weight excluding hydrogens is 374 g/mol. The number of halogens is 3. The Morgan fingerprint density at radius 2 is 1.80 bits per heavy atom. The zero-order valence-electron chi connectivity index (χ0n) is 12.7. The fourth-order valence-electron chi connectivity index (χ4n) is 2.62. The van der Waals surface area contributed by atoms with Crippen molar-refractivity contribution in [1.82, 2.24) is 4.72 Å². The summed E-state index contributed by atoms with van der Waals surface area (Å²) in [6.07, 6.45) is -0.0845. The van der Waals surface area contributed by atoms with E-state index in [1.54, 1.807) is 24.3 Å². The Kier molecular flexibility index (Phi) is 4.77. The lowest BCUT2D eigenvalue weighted by molar-refractivity contribution is -0.117. The maximum atomic E-state index is 13.7. The van der Waals surface area contributed by atoms with Crippen molar-refractivity contribution in [2.24, 2.45) is 0 Å². The molecule has 1 N–H and O–H groups in total. The standard InChI is InChI=1S/C16H13ClF2N2O3S/c17-10-1-4-13(5-2-10)21-9-12(8-16(21)22)20-25(23,24)15-7-11(18)3-6-14(15)19/h1-7,12,20H,8-9H2/t12-/m1/s1. The molecule has 132 valence electrons. The highest BCUT2D eigenvalue weighted by Crippen LogP contribution is 2.24. The molecular formula is C16H13ClF2N2O3S. The normalized spacial score (nSPS) is 18.0. The number of anilines is 1. The number of benzene rings is 2. The lowest BCUT2D eigenvalue weighted by Gasteiger charge is -2.17. The smallest absolute Gasteiger partial charge is 0.243 e. The van der Waals surface area contributed by atoms with Crippen molar-refractivity contribution in [1.29, 1.82) is 0 Å². The Balaban J connectivity index is 1.79. The largest absolute Gasteiger partial charge is 0.311 e. The second kappa shape index (κ2) is 6.70. The van der Waals surface area contributed by atoms with Crippen LogP contribution in [0.3, 0.4) is 0 Å². The first-order chi connectivity index (χ1) is 11.8. The molecule has 1 aliphatic heterocycles. The van der Waals surface area contributed by atoms with Gasteiger partial charge < -0.3 is 4.90 Å². The maximum Gasteiger partial charge on any atom is 0.243 e. The van der Waals surface area contributed by atoms with Gasteiger partial charge in [-0.25, -0.2) is 21.9 Å². The molecule has 1 heterocycles. The SMILES string of the molecule is O=C1C[C@@H](NS(=O)(=O)c2cc(F)ccc2F)CN1c1ccc(Cl)cc1. The minimum Gasteiger partial charge on any atom is -0.311 e. The second-order valence-corrected chi connectivity index (χ2v) is 7.70. The molecule has 25 heavy (non-hydrogen) atoms. The molecule has 0 bridgehead atoms. The van der Waals surface area contributed by atoms with Crippen LogP contribution in [0.4, 0.5) is 14.5 Å². The summed E-state index contributed by atoms with van der Waals surface area (Å²) >= 11 is 5.80. The summed E-state index contributed by atoms with van der Waals surface area (Å²) in [4.78, 5) is 12.8. The van der Waals surface area contributed by atoms with Crippen LogP contribution in [0.25, 0.3) is 0 Å². The summed E-state index contributed by atoms with van der Waals surface area (Å²) < 4.78 is 53.8. The Morgan fingerprint density at radius 3 is 2.48 bits per heavy atom. The molecule has 2 aromatic carbocycles. The topological polar surface area (TPSA) is 66.5 Å². The molecule has 0 aliphatic carbocycles. The van der Waals surface area contributed by atoms with Gasteiger partial charge in [-0.05, 0) is 42.5 Å². The predicted octanol–water partition coefficient (Wildman–Crippen LogP) is 2.70. The fraction of sp³-hybridized carbons (Fsp3) is 0.188. The lowest BCUT2D eigenvalue weighted by Crippen LogP contribution is -2.37. The molecule has 9 heteroatoms. The third-order valence-corrected chi connectivity index (χ3v) is 5.56. The summed E-state index contributed by atoms with van der Waals surface area (Å²) in [7, 11) is -4.30. The van der Waals surface area contributed by atoms with Gasteiger partial charge in [0.2, 0.25) is 15.9 Å². The molecule has 0 aromatic heterocycles. The zero-order valence-corrected chi connectivity index (χ0v) is 14.3. The van der Waals surface area contributed by atoms with Crippen LogP contribution in [0.5, 0.6) is 0 Å². The number of hydrogen-bond donors (Lipinski definition) is 1. The van der Waals surface area contributed by atoms with Crippen molar-refractivity contribution < 1.29 is 22.0 Å². The Morgan fingerprint density at radius 1 is 1.12 bits per heavy atom. The molecule has 0 unspecified atom stereocenters. The van der Waals surface area contributed by atoms with Crippen LogP contribution in [0.1, 0.15) is 6.42 Å². The number of nitrogens with one attached hydrogen (secondary N) is 1. The highest BCUT2D eigenvalue weighted by atomic mass is 35.5. The number of rotatable bonds is 4. The summed E-state index contributed by atoms with van der Waals surface area (Å²) in [5.74, 6) is -2.21. The third kappa shape index (κ3) is 3.81. The van der Waals surface area contributed by atoms with Gasteiger partial charge in [-0.3, -0.25) is 4.79 Å². The van der Waals surface area contributed by atoms with Crippen molar-refractivity contribution >= 4 is 33.2 Å². The van der Waals surface area contributed by atoms with E-state index in [0.29, 0.717) is 16.8 Å². The molecule has 1 saturated heterocycles. The van der Waals surface area contributed by atoms with Crippen LogP contribution in [0.15, 0.2) is 47.4 Å². The van der Waals surface area contributed by atoms with Crippen molar-refractivity contribution in [3.05, 3.63) is 59.1 Å². The van der Waals surface area contributed by atoms with E-state index in [1.807, 2.05) is 0 Å². The first-order valence-electron chi connectivity index (χ1n) is 7.29. The minimum atomic E-state index is -4.30. The van der Waals surface area contributed by atoms with Crippen LogP contribution in [0, 0.1) is 11.6 Å². The zero-order chi connectivity index (χ0) is 18.2. The van der Waals surface area contributed by atoms with Crippen molar-refractivity contribution in [3.63, 3.8) is 0 Å². The molecule has 0 radical (unpaired) electrons. The summed E-state index contributed by atoms with van der Waals surface area (Å²) in [5.41, 5.74) is 0.577. The number of amides is 1. The van der Waals surface area contributed by atoms with Gasteiger partial charge in [0.05, 0.1) is 0 Å². The number of hydrogen-bond acceptors (Lipinski definition) is 3. The number of carbonyl (C=O) groups is 1. The van der Waals surface area contributed by atoms with Gasteiger partial charge in [-0.1, -0.05) is 11.6 Å². The summed E-state index contributed by atoms with van der Waals surface area (Å²) in [5, 5.41) is 0.509. The molecule has 1 aliphatic rings. The van der Waals surface area contributed by atoms with Crippen molar-refractivity contribution in [2.45, 2.75) is 17.4 Å². The predicted molar refractivity (Wildman–Crippen MR) is 88.9 cm³/mol. The van der Waals surface area contributed by atoms with E-state index in [9.17, 15) is 22.0 Å². The molecule has 0 spiro atoms. The molecule has 1 amide bonds. The van der Waals surface area contributed by atoms with Gasteiger partial charge in [0.1, 0.15) is 16.5 Å². The molecule has 3 rings (SSSR count). The van der Waals surface area contributed by atoms with Crippen molar-refractivity contribution in [3.8, 4) is 0 Å². The van der Waals surface area contributed by atoms with Crippen LogP contribution < -0.4 is 9.62 Å². The Hall–Kier alpha value is -2.03. The molecule has 1 fully saturated rings. The van der Waals surface area contributed by atoms with Gasteiger partial charge in [0, 0.05) is 29.7 Å². The second-order valence-electron chi connectivity index (χ2n) is 5.58. The van der Waals surface area contributed by atoms with Gasteiger partial charge in [0.15, 0.2) is 0 Å². The van der Waals surface area contributed by atoms with Crippen LogP contribution >= 0.6 is 11.6 Å². The van der Waals surface area contributed by atoms with Gasteiger partial charge in [-0.2, -0.15) is 0 Å². The molecule has 2 aromatic rings. The Labute approximate surface area is 148 Å². The van der Waals surface area contributed by atoms with Gasteiger partial charge >= 0.3 is 0 Å². The molecule has 1 atom stereocenters. The first kappa shape index (κ1) is 17.8. The highest BCUT2D eigenvalue weighted by Gasteiger charge is 2.34. The van der Waals surface area contributed by atoms with E-state index in [2.05, 4.69) is 4.72 Å². The Bertz CT molecular complexity index is 919. The van der Waals surface area contributed by atoms with Crippen LogP contribution in [-0.2, 0) is 14.8 Å². The van der Waals surface area contributed by atoms with Crippen molar-refractivity contribution in [2.75, 3.05) is 11.4 Å². The number of sulfonamides is 1. The quantitative estimate of drug-likeness (QED) is 0.878. The van der Waals surface area contributed by atoms with E-state index in [-0.39, 0.29) is 18.9 Å². The van der Waals surface area contributed by atoms with E-state index in [1.165, 1.54) is 4.90 Å². The van der Waals surface area contributed by atoms with E-state index >= 15 is 0 Å². The lowest BCUT2D eigenvalue weighted by atomic mass is 10.3. The van der Waals surface area contributed by atoms with Gasteiger partial charge in [0.25, 0.3) is 0 Å². The fourth-order valence-corrected chi connectivity index (χ4v) is 4.07. The van der Waals surface area contributed by atoms with Crippen LogP contribution in [-0.4, -0.2) is 26.9 Å². The highest BCUT2D eigenvalue weighted by molar-refractivity contribution is 7.89. The van der Waals surface area contributed by atoms with Crippen LogP contribution in [0.2, 0.25) is 5.02 Å². The number of carbonyl (C=O) groups excluding carboxylic acids is 1. The van der Waals surface area contributed by atoms with E-state index in [4.69, 9.17) is 11.6 Å². The minimum absolute atomic E-state index is 0.0800. The summed E-state index contributed by atoms with van der Waals surface area (Å²) in [6.45, 7) is 0.0800. The average molecular weight is 387 g/mol. The molecule has 5 nitrogen and oxygen atoms in total.